The number of ketones is 1. The molecule has 2 aromatic heterocycles. The highest BCUT2D eigenvalue weighted by Crippen LogP contribution is 2.27. The molecule has 1 aromatic carbocycles. The lowest BCUT2D eigenvalue weighted by molar-refractivity contribution is -0.121. The van der Waals surface area contributed by atoms with Gasteiger partial charge in [-0.1, -0.05) is 18.2 Å². The average molecular weight is 429 g/mol. The Morgan fingerprint density at radius 2 is 2.14 bits per heavy atom. The van der Waals surface area contributed by atoms with Crippen LogP contribution >= 0.6 is 11.3 Å². The number of aromatic amines is 1. The SMILES string of the molecule is CS(=O)(=O)c1ccc2c(CCCC(=O)C3CC(c4cccs4)=CCN3)c[nH]c2c1. The number of fused-ring (bicyclic) bond motifs is 1. The fraction of sp³-hybridized carbons (Fsp3) is 0.318. The average Bonchev–Trinajstić information content (AvgIpc) is 3.37. The van der Waals surface area contributed by atoms with E-state index >= 15 is 0 Å². The van der Waals surface area contributed by atoms with Crippen molar-refractivity contribution < 1.29 is 13.2 Å². The van der Waals surface area contributed by atoms with Crippen molar-refractivity contribution in [2.45, 2.75) is 36.6 Å². The minimum absolute atomic E-state index is 0.114. The summed E-state index contributed by atoms with van der Waals surface area (Å²) in [6.45, 7) is 0.731. The number of aryl methyl sites for hydroxylation is 1. The minimum Gasteiger partial charge on any atom is -0.361 e. The van der Waals surface area contributed by atoms with Crippen LogP contribution in [0.25, 0.3) is 16.5 Å². The molecule has 0 saturated heterocycles. The number of sulfone groups is 1. The molecule has 0 spiro atoms. The molecule has 152 valence electrons. The van der Waals surface area contributed by atoms with E-state index in [0.29, 0.717) is 11.3 Å². The molecule has 0 bridgehead atoms. The van der Waals surface area contributed by atoms with Crippen molar-refractivity contribution in [3.63, 3.8) is 0 Å². The van der Waals surface area contributed by atoms with Gasteiger partial charge in [-0.15, -0.1) is 11.3 Å². The molecule has 0 amide bonds. The molecular weight excluding hydrogens is 404 g/mol. The first-order chi connectivity index (χ1) is 13.9. The van der Waals surface area contributed by atoms with Gasteiger partial charge in [0.2, 0.25) is 0 Å². The first-order valence-corrected chi connectivity index (χ1v) is 12.5. The molecule has 3 aromatic rings. The van der Waals surface area contributed by atoms with Gasteiger partial charge in [-0.05, 0) is 54.0 Å². The zero-order chi connectivity index (χ0) is 20.4. The molecular formula is C22H24N2O3S2. The molecule has 0 radical (unpaired) electrons. The summed E-state index contributed by atoms with van der Waals surface area (Å²) in [5, 5.41) is 6.40. The maximum absolute atomic E-state index is 12.7. The van der Waals surface area contributed by atoms with Crippen molar-refractivity contribution in [1.29, 1.82) is 0 Å². The maximum atomic E-state index is 12.7. The van der Waals surface area contributed by atoms with E-state index in [0.717, 1.165) is 42.3 Å². The Hall–Kier alpha value is -2.22. The molecule has 0 fully saturated rings. The molecule has 4 rings (SSSR count). The van der Waals surface area contributed by atoms with Crippen molar-refractivity contribution in [3.05, 3.63) is 58.4 Å². The number of carbonyl (C=O) groups is 1. The summed E-state index contributed by atoms with van der Waals surface area (Å²) in [6.07, 6.45) is 8.14. The predicted molar refractivity (Wildman–Crippen MR) is 118 cm³/mol. The first kappa shape index (κ1) is 20.1. The van der Waals surface area contributed by atoms with Gasteiger partial charge in [0.05, 0.1) is 10.9 Å². The van der Waals surface area contributed by atoms with E-state index in [1.165, 1.54) is 16.7 Å². The maximum Gasteiger partial charge on any atom is 0.175 e. The normalized spacial score (nSPS) is 17.4. The van der Waals surface area contributed by atoms with Crippen LogP contribution in [-0.2, 0) is 21.1 Å². The van der Waals surface area contributed by atoms with Crippen molar-refractivity contribution in [3.8, 4) is 0 Å². The van der Waals surface area contributed by atoms with Crippen molar-refractivity contribution in [2.75, 3.05) is 12.8 Å². The molecule has 1 aliphatic rings. The number of hydrogen-bond donors (Lipinski definition) is 2. The molecule has 5 nitrogen and oxygen atoms in total. The van der Waals surface area contributed by atoms with E-state index in [9.17, 15) is 13.2 Å². The molecule has 29 heavy (non-hydrogen) atoms. The molecule has 2 N–H and O–H groups in total. The van der Waals surface area contributed by atoms with Crippen LogP contribution in [0.1, 0.15) is 29.7 Å². The Balaban J connectivity index is 1.35. The molecule has 0 saturated carbocycles. The number of thiophene rings is 1. The van der Waals surface area contributed by atoms with Gasteiger partial charge in [0.1, 0.15) is 5.78 Å². The highest BCUT2D eigenvalue weighted by atomic mass is 32.2. The van der Waals surface area contributed by atoms with Crippen molar-refractivity contribution in [2.24, 2.45) is 0 Å². The van der Waals surface area contributed by atoms with Crippen LogP contribution in [0, 0.1) is 0 Å². The van der Waals surface area contributed by atoms with Crippen LogP contribution in [0.3, 0.4) is 0 Å². The lowest BCUT2D eigenvalue weighted by Gasteiger charge is -2.22. The second kappa shape index (κ2) is 8.26. The number of benzene rings is 1. The predicted octanol–water partition coefficient (Wildman–Crippen LogP) is 3.97. The molecule has 1 unspecified atom stereocenters. The summed E-state index contributed by atoms with van der Waals surface area (Å²) >= 11 is 1.71. The number of nitrogens with one attached hydrogen (secondary N) is 2. The van der Waals surface area contributed by atoms with Crippen molar-refractivity contribution >= 4 is 43.4 Å². The Labute approximate surface area is 174 Å². The zero-order valence-corrected chi connectivity index (χ0v) is 17.9. The van der Waals surface area contributed by atoms with Crippen LogP contribution < -0.4 is 5.32 Å². The molecule has 7 heteroatoms. The van der Waals surface area contributed by atoms with Gasteiger partial charge in [-0.2, -0.15) is 0 Å². The van der Waals surface area contributed by atoms with Gasteiger partial charge in [0, 0.05) is 41.2 Å². The van der Waals surface area contributed by atoms with Gasteiger partial charge >= 0.3 is 0 Å². The Kier molecular flexibility index (Phi) is 5.72. The Bertz CT molecular complexity index is 1160. The number of carbonyl (C=O) groups excluding carboxylic acids is 1. The number of Topliss-reactive ketones (excluding diaryl/α,β-unsaturated/α-hetero) is 1. The second-order valence-corrected chi connectivity index (χ2v) is 10.4. The van der Waals surface area contributed by atoms with Gasteiger partial charge in [0.25, 0.3) is 0 Å². The Morgan fingerprint density at radius 1 is 1.28 bits per heavy atom. The number of rotatable bonds is 7. The highest BCUT2D eigenvalue weighted by molar-refractivity contribution is 7.90. The summed E-state index contributed by atoms with van der Waals surface area (Å²) in [5.41, 5.74) is 3.19. The van der Waals surface area contributed by atoms with E-state index in [1.54, 1.807) is 23.5 Å². The second-order valence-electron chi connectivity index (χ2n) is 7.48. The van der Waals surface area contributed by atoms with Crippen LogP contribution in [0.2, 0.25) is 0 Å². The topological polar surface area (TPSA) is 79.0 Å². The summed E-state index contributed by atoms with van der Waals surface area (Å²) in [6, 6.07) is 9.20. The summed E-state index contributed by atoms with van der Waals surface area (Å²) < 4.78 is 23.4. The lowest BCUT2D eigenvalue weighted by atomic mass is 9.94. The number of hydrogen-bond acceptors (Lipinski definition) is 5. The lowest BCUT2D eigenvalue weighted by Crippen LogP contribution is -2.39. The highest BCUT2D eigenvalue weighted by Gasteiger charge is 2.22. The quantitative estimate of drug-likeness (QED) is 0.597. The van der Waals surface area contributed by atoms with Gasteiger partial charge in [-0.25, -0.2) is 8.42 Å². The fourth-order valence-electron chi connectivity index (χ4n) is 3.82. The van der Waals surface area contributed by atoms with Gasteiger partial charge in [0.15, 0.2) is 9.84 Å². The number of aromatic nitrogens is 1. The van der Waals surface area contributed by atoms with Crippen LogP contribution in [0.4, 0.5) is 0 Å². The third-order valence-electron chi connectivity index (χ3n) is 5.40. The molecule has 1 atom stereocenters. The fourth-order valence-corrected chi connectivity index (χ4v) is 5.25. The van der Waals surface area contributed by atoms with Crippen LogP contribution in [-0.4, -0.2) is 38.0 Å². The largest absolute Gasteiger partial charge is 0.361 e. The van der Waals surface area contributed by atoms with E-state index < -0.39 is 9.84 Å². The Morgan fingerprint density at radius 3 is 2.90 bits per heavy atom. The zero-order valence-electron chi connectivity index (χ0n) is 16.3. The molecule has 0 aliphatic carbocycles. The standard InChI is InChI=1S/C22H24N2O3S2/c1-29(26,27)17-7-8-18-16(14-24-19(18)13-17)4-2-5-21(25)20-12-15(9-10-23-20)22-6-3-11-28-22/h3,6-9,11,13-14,20,23-24H,2,4-5,10,12H2,1H3. The smallest absolute Gasteiger partial charge is 0.175 e. The van der Waals surface area contributed by atoms with Crippen LogP contribution in [0.15, 0.2) is 52.9 Å². The molecule has 1 aliphatic heterocycles. The van der Waals surface area contributed by atoms with Gasteiger partial charge in [-0.3, -0.25) is 4.79 Å². The first-order valence-electron chi connectivity index (χ1n) is 9.71. The van der Waals surface area contributed by atoms with E-state index in [2.05, 4.69) is 27.8 Å². The third-order valence-corrected chi connectivity index (χ3v) is 7.46. The minimum atomic E-state index is -3.22. The van der Waals surface area contributed by atoms with E-state index in [1.807, 2.05) is 18.3 Å². The van der Waals surface area contributed by atoms with Crippen LogP contribution in [0.5, 0.6) is 0 Å². The monoisotopic (exact) mass is 428 g/mol. The summed E-state index contributed by atoms with van der Waals surface area (Å²) in [7, 11) is -3.22. The third kappa shape index (κ3) is 4.52. The van der Waals surface area contributed by atoms with Gasteiger partial charge < -0.3 is 10.3 Å². The van der Waals surface area contributed by atoms with E-state index in [4.69, 9.17) is 0 Å². The summed E-state index contributed by atoms with van der Waals surface area (Å²) in [4.78, 5) is 17.4. The molecule has 3 heterocycles. The van der Waals surface area contributed by atoms with Crippen molar-refractivity contribution in [1.82, 2.24) is 10.3 Å². The van der Waals surface area contributed by atoms with E-state index in [-0.39, 0.29) is 11.8 Å². The summed E-state index contributed by atoms with van der Waals surface area (Å²) in [5.74, 6) is 0.256. The number of H-pyrrole nitrogens is 1.